The number of aromatic nitrogens is 1. The number of phenols is 2. The number of ketones is 1. The van der Waals surface area contributed by atoms with Crippen molar-refractivity contribution in [2.24, 2.45) is 0 Å². The van der Waals surface area contributed by atoms with Crippen LogP contribution in [0.25, 0.3) is 17.0 Å². The predicted octanol–water partition coefficient (Wildman–Crippen LogP) is 2.84. The fourth-order valence-corrected chi connectivity index (χ4v) is 5.10. The molecule has 3 N–H and O–H groups in total. The number of amides is 1. The lowest BCUT2D eigenvalue weighted by atomic mass is 10.1. The van der Waals surface area contributed by atoms with E-state index in [0.29, 0.717) is 48.3 Å². The number of aliphatic hydroxyl groups is 1. The normalized spacial score (nSPS) is 17.2. The summed E-state index contributed by atoms with van der Waals surface area (Å²) in [4.78, 5) is 30.5. The average Bonchev–Trinajstić information content (AvgIpc) is 3.36. The summed E-state index contributed by atoms with van der Waals surface area (Å²) in [6.45, 7) is 2.75. The van der Waals surface area contributed by atoms with Gasteiger partial charge in [0.15, 0.2) is 5.76 Å². The standard InChI is InChI=1S/C28H31N3O7/c1-29(2)28(36)26-20(15-24-27(35)25-22(34)12-17(33)13-23(25)38-24)19-14-18(37-3)4-5-21(19)31(26)11-10-30-8-6-16(32)7-9-30/h4-5,12-16,32-34H,6-11H2,1-3H3. The van der Waals surface area contributed by atoms with E-state index in [-0.39, 0.29) is 40.6 Å². The van der Waals surface area contributed by atoms with E-state index in [1.807, 2.05) is 22.8 Å². The molecule has 10 nitrogen and oxygen atoms in total. The Bertz CT molecular complexity index is 1450. The zero-order valence-corrected chi connectivity index (χ0v) is 21.6. The Hall–Kier alpha value is -4.02. The quantitative estimate of drug-likeness (QED) is 0.423. The summed E-state index contributed by atoms with van der Waals surface area (Å²) >= 11 is 0. The van der Waals surface area contributed by atoms with Crippen LogP contribution in [0.3, 0.4) is 0 Å². The van der Waals surface area contributed by atoms with Crippen molar-refractivity contribution in [2.45, 2.75) is 25.5 Å². The highest BCUT2D eigenvalue weighted by atomic mass is 16.5. The van der Waals surface area contributed by atoms with Crippen LogP contribution in [-0.4, -0.2) is 88.3 Å². The number of Topliss-reactive ketones (excluding diaryl/α,β-unsaturated/α-hetero) is 1. The van der Waals surface area contributed by atoms with Crippen molar-refractivity contribution < 1.29 is 34.4 Å². The number of rotatable bonds is 6. The minimum atomic E-state index is -0.545. The molecule has 2 aromatic carbocycles. The minimum absolute atomic E-state index is 0.0388. The summed E-state index contributed by atoms with van der Waals surface area (Å²) in [5, 5.41) is 30.7. The van der Waals surface area contributed by atoms with E-state index in [9.17, 15) is 24.9 Å². The van der Waals surface area contributed by atoms with Gasteiger partial charge in [0.1, 0.15) is 34.3 Å². The molecule has 38 heavy (non-hydrogen) atoms. The molecule has 10 heteroatoms. The van der Waals surface area contributed by atoms with Gasteiger partial charge in [0, 0.05) is 68.9 Å². The number of hydrogen-bond donors (Lipinski definition) is 3. The molecule has 0 aliphatic carbocycles. The Labute approximate surface area is 219 Å². The molecule has 0 bridgehead atoms. The van der Waals surface area contributed by atoms with Crippen molar-refractivity contribution in [1.82, 2.24) is 14.4 Å². The van der Waals surface area contributed by atoms with Gasteiger partial charge in [-0.3, -0.25) is 9.59 Å². The number of methoxy groups -OCH3 is 1. The lowest BCUT2D eigenvalue weighted by molar-refractivity contribution is 0.0791. The van der Waals surface area contributed by atoms with Crippen LogP contribution in [-0.2, 0) is 6.54 Å². The molecule has 0 saturated carbocycles. The van der Waals surface area contributed by atoms with Crippen LogP contribution < -0.4 is 9.47 Å². The van der Waals surface area contributed by atoms with Gasteiger partial charge in [0.2, 0.25) is 5.78 Å². The number of hydrogen-bond acceptors (Lipinski definition) is 8. The fourth-order valence-electron chi connectivity index (χ4n) is 5.10. The second kappa shape index (κ2) is 10.0. The molecule has 1 amide bonds. The maximum absolute atomic E-state index is 13.6. The molecule has 1 aromatic heterocycles. The summed E-state index contributed by atoms with van der Waals surface area (Å²) in [5.41, 5.74) is 1.64. The van der Waals surface area contributed by atoms with Gasteiger partial charge in [-0.1, -0.05) is 0 Å². The molecule has 5 rings (SSSR count). The van der Waals surface area contributed by atoms with Gasteiger partial charge in [0.25, 0.3) is 5.91 Å². The van der Waals surface area contributed by atoms with Crippen LogP contribution in [0.2, 0.25) is 0 Å². The molecule has 3 aromatic rings. The maximum Gasteiger partial charge on any atom is 0.270 e. The van der Waals surface area contributed by atoms with E-state index in [1.54, 1.807) is 21.2 Å². The predicted molar refractivity (Wildman–Crippen MR) is 141 cm³/mol. The number of benzene rings is 2. The maximum atomic E-state index is 13.6. The lowest BCUT2D eigenvalue weighted by Crippen LogP contribution is -2.38. The molecule has 1 saturated heterocycles. The van der Waals surface area contributed by atoms with Crippen molar-refractivity contribution in [3.8, 4) is 23.0 Å². The van der Waals surface area contributed by atoms with E-state index in [1.165, 1.54) is 17.0 Å². The number of aromatic hydroxyl groups is 2. The topological polar surface area (TPSA) is 125 Å². The van der Waals surface area contributed by atoms with E-state index < -0.39 is 5.78 Å². The van der Waals surface area contributed by atoms with Gasteiger partial charge >= 0.3 is 0 Å². The number of nitrogens with zero attached hydrogens (tertiary/aromatic N) is 3. The Morgan fingerprint density at radius 3 is 2.58 bits per heavy atom. The smallest absolute Gasteiger partial charge is 0.270 e. The summed E-state index contributed by atoms with van der Waals surface area (Å²) in [6, 6.07) is 7.88. The molecule has 0 unspecified atom stereocenters. The van der Waals surface area contributed by atoms with Gasteiger partial charge in [0.05, 0.1) is 13.2 Å². The van der Waals surface area contributed by atoms with Gasteiger partial charge < -0.3 is 39.2 Å². The molecule has 2 aliphatic heterocycles. The van der Waals surface area contributed by atoms with Gasteiger partial charge in [-0.2, -0.15) is 0 Å². The van der Waals surface area contributed by atoms with Crippen LogP contribution >= 0.6 is 0 Å². The Balaban J connectivity index is 1.64. The monoisotopic (exact) mass is 521 g/mol. The van der Waals surface area contributed by atoms with Crippen molar-refractivity contribution in [2.75, 3.05) is 40.8 Å². The molecular formula is C28H31N3O7. The summed E-state index contributed by atoms with van der Waals surface area (Å²) in [7, 11) is 4.89. The lowest BCUT2D eigenvalue weighted by Gasteiger charge is -2.29. The molecule has 0 spiro atoms. The van der Waals surface area contributed by atoms with Crippen LogP contribution in [0.1, 0.15) is 39.3 Å². The molecule has 200 valence electrons. The third kappa shape index (κ3) is 4.57. The highest BCUT2D eigenvalue weighted by molar-refractivity contribution is 6.18. The Morgan fingerprint density at radius 2 is 1.89 bits per heavy atom. The molecule has 0 atom stereocenters. The number of carbonyl (C=O) groups is 2. The first-order chi connectivity index (χ1) is 18.2. The number of allylic oxidation sites excluding steroid dienone is 1. The van der Waals surface area contributed by atoms with Crippen molar-refractivity contribution in [3.63, 3.8) is 0 Å². The third-order valence-corrected chi connectivity index (χ3v) is 7.13. The van der Waals surface area contributed by atoms with Crippen molar-refractivity contribution in [1.29, 1.82) is 0 Å². The highest BCUT2D eigenvalue weighted by Gasteiger charge is 2.33. The zero-order chi connectivity index (χ0) is 27.1. The van der Waals surface area contributed by atoms with E-state index in [2.05, 4.69) is 4.90 Å². The summed E-state index contributed by atoms with van der Waals surface area (Å²) < 4.78 is 13.2. The number of fused-ring (bicyclic) bond motifs is 2. The minimum Gasteiger partial charge on any atom is -0.508 e. The average molecular weight is 522 g/mol. The van der Waals surface area contributed by atoms with Crippen LogP contribution in [0.15, 0.2) is 36.1 Å². The number of phenolic OH excluding ortho intramolecular Hbond substituents is 2. The van der Waals surface area contributed by atoms with Crippen LogP contribution in [0.5, 0.6) is 23.0 Å². The first-order valence-corrected chi connectivity index (χ1v) is 12.5. The molecule has 1 fully saturated rings. The van der Waals surface area contributed by atoms with Crippen LogP contribution in [0.4, 0.5) is 0 Å². The van der Waals surface area contributed by atoms with Crippen molar-refractivity contribution in [3.05, 3.63) is 52.9 Å². The number of carbonyl (C=O) groups excluding carboxylic acids is 2. The SMILES string of the molecule is COc1ccc2c(c1)c(C=C1Oc3cc(O)cc(O)c3C1=O)c(C(=O)N(C)C)n2CCN1CCC(O)CC1. The Morgan fingerprint density at radius 1 is 1.16 bits per heavy atom. The summed E-state index contributed by atoms with van der Waals surface area (Å²) in [5.74, 6) is -0.832. The third-order valence-electron chi connectivity index (χ3n) is 7.13. The van der Waals surface area contributed by atoms with Gasteiger partial charge in [-0.15, -0.1) is 0 Å². The van der Waals surface area contributed by atoms with Crippen LogP contribution in [0, 0.1) is 0 Å². The number of ether oxygens (including phenoxy) is 2. The molecular weight excluding hydrogens is 490 g/mol. The van der Waals surface area contributed by atoms with E-state index >= 15 is 0 Å². The molecule has 3 heterocycles. The zero-order valence-electron chi connectivity index (χ0n) is 21.6. The van der Waals surface area contributed by atoms with Gasteiger partial charge in [-0.05, 0) is 37.1 Å². The second-order valence-electron chi connectivity index (χ2n) is 9.85. The van der Waals surface area contributed by atoms with Crippen molar-refractivity contribution >= 4 is 28.7 Å². The number of likely N-dealkylation sites (tertiary alicyclic amines) is 1. The highest BCUT2D eigenvalue weighted by Crippen LogP contribution is 2.41. The van der Waals surface area contributed by atoms with E-state index in [0.717, 1.165) is 24.7 Å². The number of aliphatic hydroxyl groups excluding tert-OH is 1. The largest absolute Gasteiger partial charge is 0.508 e. The van der Waals surface area contributed by atoms with E-state index in [4.69, 9.17) is 9.47 Å². The molecule has 0 radical (unpaired) electrons. The first kappa shape index (κ1) is 25.6. The van der Waals surface area contributed by atoms with Gasteiger partial charge in [-0.25, -0.2) is 0 Å². The first-order valence-electron chi connectivity index (χ1n) is 12.5. The fraction of sp³-hybridized carbons (Fsp3) is 0.357. The second-order valence-corrected chi connectivity index (χ2v) is 9.85. The summed E-state index contributed by atoms with van der Waals surface area (Å²) in [6.07, 6.45) is 2.68. The Kier molecular flexibility index (Phi) is 6.77. The molecule has 2 aliphatic rings. The number of piperidine rings is 1.